The number of halogens is 1. The average Bonchev–Trinajstić information content (AvgIpc) is 3.11. The molecule has 0 spiro atoms. The molecule has 15 heavy (non-hydrogen) atoms. The topological polar surface area (TPSA) is 20.2 Å². The van der Waals surface area contributed by atoms with Gasteiger partial charge in [-0.2, -0.15) is 0 Å². The van der Waals surface area contributed by atoms with Gasteiger partial charge in [0.15, 0.2) is 0 Å². The summed E-state index contributed by atoms with van der Waals surface area (Å²) in [6.07, 6.45) is 3.89. The Morgan fingerprint density at radius 1 is 1.40 bits per heavy atom. The molecule has 2 atom stereocenters. The molecule has 2 fully saturated rings. The summed E-state index contributed by atoms with van der Waals surface area (Å²) in [4.78, 5) is 0. The number of aliphatic hydroxyl groups excluding tert-OH is 1. The lowest BCUT2D eigenvalue weighted by atomic mass is 9.88. The second kappa shape index (κ2) is 3.33. The van der Waals surface area contributed by atoms with Crippen LogP contribution < -0.4 is 0 Å². The van der Waals surface area contributed by atoms with Crippen LogP contribution in [0.2, 0.25) is 0 Å². The molecule has 2 unspecified atom stereocenters. The number of hydrogen-bond donors (Lipinski definition) is 1. The van der Waals surface area contributed by atoms with Crippen molar-refractivity contribution in [3.8, 4) is 0 Å². The fourth-order valence-corrected chi connectivity index (χ4v) is 3.44. The molecule has 0 aliphatic heterocycles. The van der Waals surface area contributed by atoms with E-state index in [0.29, 0.717) is 17.9 Å². The molecule has 1 aromatic carbocycles. The van der Waals surface area contributed by atoms with E-state index in [1.807, 2.05) is 0 Å². The molecular weight excluding hydrogens is 252 g/mol. The molecule has 2 saturated carbocycles. The summed E-state index contributed by atoms with van der Waals surface area (Å²) in [5, 5.41) is 9.34. The fourth-order valence-electron chi connectivity index (χ4n) is 3.04. The maximum atomic E-state index is 9.34. The van der Waals surface area contributed by atoms with Crippen molar-refractivity contribution >= 4 is 15.9 Å². The van der Waals surface area contributed by atoms with Gasteiger partial charge in [-0.15, -0.1) is 0 Å². The van der Waals surface area contributed by atoms with Gasteiger partial charge in [-0.25, -0.2) is 0 Å². The predicted octanol–water partition coefficient (Wildman–Crippen LogP) is 3.11. The Labute approximate surface area is 98.6 Å². The normalized spacial score (nSPS) is 34.1. The van der Waals surface area contributed by atoms with E-state index in [-0.39, 0.29) is 0 Å². The Bertz CT molecular complexity index is 386. The van der Waals surface area contributed by atoms with E-state index >= 15 is 0 Å². The van der Waals surface area contributed by atoms with Crippen molar-refractivity contribution in [2.75, 3.05) is 6.61 Å². The molecule has 1 nitrogen and oxygen atoms in total. The Morgan fingerprint density at radius 2 is 2.20 bits per heavy atom. The Hall–Kier alpha value is -0.340. The molecule has 0 aromatic heterocycles. The van der Waals surface area contributed by atoms with Gasteiger partial charge in [0.1, 0.15) is 0 Å². The van der Waals surface area contributed by atoms with Crippen molar-refractivity contribution in [2.45, 2.75) is 24.7 Å². The molecule has 1 N–H and O–H groups in total. The predicted molar refractivity (Wildman–Crippen MR) is 63.7 cm³/mol. The highest BCUT2D eigenvalue weighted by atomic mass is 79.9. The zero-order chi connectivity index (χ0) is 10.5. The lowest BCUT2D eigenvalue weighted by Crippen LogP contribution is -2.14. The minimum atomic E-state index is 0.332. The van der Waals surface area contributed by atoms with Crippen molar-refractivity contribution in [1.82, 2.24) is 0 Å². The van der Waals surface area contributed by atoms with E-state index in [0.717, 1.165) is 10.4 Å². The summed E-state index contributed by atoms with van der Waals surface area (Å²) in [5.74, 6) is 1.35. The smallest absolute Gasteiger partial charge is 0.0468 e. The van der Waals surface area contributed by atoms with E-state index in [1.165, 1.54) is 24.8 Å². The van der Waals surface area contributed by atoms with Crippen LogP contribution in [0.1, 0.15) is 24.8 Å². The number of rotatable bonds is 3. The van der Waals surface area contributed by atoms with Crippen LogP contribution in [0.25, 0.3) is 0 Å². The zero-order valence-electron chi connectivity index (χ0n) is 8.62. The van der Waals surface area contributed by atoms with Crippen LogP contribution >= 0.6 is 15.9 Å². The van der Waals surface area contributed by atoms with Gasteiger partial charge in [0.05, 0.1) is 0 Å². The first kappa shape index (κ1) is 9.86. The molecule has 2 aliphatic rings. The Morgan fingerprint density at radius 3 is 2.73 bits per heavy atom. The van der Waals surface area contributed by atoms with Crippen molar-refractivity contribution in [1.29, 1.82) is 0 Å². The first-order valence-electron chi connectivity index (χ1n) is 5.64. The summed E-state index contributed by atoms with van der Waals surface area (Å²) in [6.45, 7) is 0.350. The average molecular weight is 267 g/mol. The molecule has 0 saturated heterocycles. The van der Waals surface area contributed by atoms with Crippen LogP contribution in [-0.2, 0) is 5.41 Å². The van der Waals surface area contributed by atoms with Crippen molar-refractivity contribution in [3.05, 3.63) is 34.3 Å². The maximum absolute atomic E-state index is 9.34. The van der Waals surface area contributed by atoms with E-state index in [4.69, 9.17) is 0 Å². The molecule has 2 aliphatic carbocycles. The summed E-state index contributed by atoms with van der Waals surface area (Å²) < 4.78 is 1.16. The molecule has 0 heterocycles. The number of benzene rings is 1. The number of aliphatic hydroxyl groups is 1. The lowest BCUT2D eigenvalue weighted by molar-refractivity contribution is 0.259. The standard InChI is InChI=1S/C13H15BrO/c14-12-3-1-2-10(6-12)13(9-4-5-9)7-11(13)8-15/h1-3,6,9,11,15H,4-5,7-8H2. The lowest BCUT2D eigenvalue weighted by Gasteiger charge is -2.17. The van der Waals surface area contributed by atoms with Gasteiger partial charge in [0.2, 0.25) is 0 Å². The minimum absolute atomic E-state index is 0.332. The highest BCUT2D eigenvalue weighted by Gasteiger charge is 2.62. The third-order valence-electron chi connectivity index (χ3n) is 4.04. The number of hydrogen-bond acceptors (Lipinski definition) is 1. The van der Waals surface area contributed by atoms with Gasteiger partial charge in [-0.3, -0.25) is 0 Å². The third-order valence-corrected chi connectivity index (χ3v) is 4.53. The fraction of sp³-hybridized carbons (Fsp3) is 0.538. The van der Waals surface area contributed by atoms with E-state index in [2.05, 4.69) is 40.2 Å². The molecule has 2 heteroatoms. The van der Waals surface area contributed by atoms with Gasteiger partial charge in [-0.05, 0) is 48.8 Å². The molecule has 80 valence electrons. The van der Waals surface area contributed by atoms with Gasteiger partial charge in [0, 0.05) is 16.5 Å². The first-order valence-corrected chi connectivity index (χ1v) is 6.43. The summed E-state index contributed by atoms with van der Waals surface area (Å²) >= 11 is 3.53. The highest BCUT2D eigenvalue weighted by molar-refractivity contribution is 9.10. The molecule has 0 amide bonds. The summed E-state index contributed by atoms with van der Waals surface area (Å²) in [6, 6.07) is 8.63. The van der Waals surface area contributed by atoms with Crippen LogP contribution in [0.4, 0.5) is 0 Å². The second-order valence-electron chi connectivity index (χ2n) is 4.91. The van der Waals surface area contributed by atoms with Crippen LogP contribution in [0, 0.1) is 11.8 Å². The van der Waals surface area contributed by atoms with Gasteiger partial charge in [-0.1, -0.05) is 28.1 Å². The van der Waals surface area contributed by atoms with Crippen molar-refractivity contribution < 1.29 is 5.11 Å². The van der Waals surface area contributed by atoms with Crippen molar-refractivity contribution in [3.63, 3.8) is 0 Å². The molecular formula is C13H15BrO. The van der Waals surface area contributed by atoms with Gasteiger partial charge >= 0.3 is 0 Å². The highest BCUT2D eigenvalue weighted by Crippen LogP contribution is 2.66. The second-order valence-corrected chi connectivity index (χ2v) is 5.82. The molecule has 0 radical (unpaired) electrons. The zero-order valence-corrected chi connectivity index (χ0v) is 10.2. The third kappa shape index (κ3) is 1.46. The van der Waals surface area contributed by atoms with Gasteiger partial charge < -0.3 is 5.11 Å². The first-order chi connectivity index (χ1) is 7.27. The Kier molecular flexibility index (Phi) is 2.18. The quantitative estimate of drug-likeness (QED) is 0.892. The maximum Gasteiger partial charge on any atom is 0.0468 e. The molecule has 3 rings (SSSR count). The van der Waals surface area contributed by atoms with Crippen LogP contribution in [-0.4, -0.2) is 11.7 Å². The summed E-state index contributed by atoms with van der Waals surface area (Å²) in [7, 11) is 0. The van der Waals surface area contributed by atoms with E-state index < -0.39 is 0 Å². The monoisotopic (exact) mass is 266 g/mol. The van der Waals surface area contributed by atoms with Crippen LogP contribution in [0.5, 0.6) is 0 Å². The van der Waals surface area contributed by atoms with Crippen molar-refractivity contribution in [2.24, 2.45) is 11.8 Å². The SMILES string of the molecule is OCC1CC1(c1cccc(Br)c1)C1CC1. The van der Waals surface area contributed by atoms with Gasteiger partial charge in [0.25, 0.3) is 0 Å². The van der Waals surface area contributed by atoms with E-state index in [1.54, 1.807) is 0 Å². The summed E-state index contributed by atoms with van der Waals surface area (Å²) in [5.41, 5.74) is 1.76. The largest absolute Gasteiger partial charge is 0.396 e. The molecule has 0 bridgehead atoms. The Balaban J connectivity index is 1.97. The minimum Gasteiger partial charge on any atom is -0.396 e. The molecule has 1 aromatic rings. The van der Waals surface area contributed by atoms with Crippen LogP contribution in [0.15, 0.2) is 28.7 Å². The van der Waals surface area contributed by atoms with Crippen LogP contribution in [0.3, 0.4) is 0 Å². The van der Waals surface area contributed by atoms with E-state index in [9.17, 15) is 5.11 Å².